The van der Waals surface area contributed by atoms with Gasteiger partial charge in [0.05, 0.1) is 18.0 Å². The molecule has 1 atom stereocenters. The topological polar surface area (TPSA) is 70.1 Å². The van der Waals surface area contributed by atoms with Crippen LogP contribution in [0.25, 0.3) is 0 Å². The van der Waals surface area contributed by atoms with E-state index in [-0.39, 0.29) is 5.97 Å². The van der Waals surface area contributed by atoms with E-state index in [0.717, 1.165) is 18.5 Å². The number of esters is 1. The molecule has 2 aliphatic rings. The van der Waals surface area contributed by atoms with Crippen molar-refractivity contribution in [3.05, 3.63) is 11.9 Å². The highest BCUT2D eigenvalue weighted by molar-refractivity contribution is 5.80. The third kappa shape index (κ3) is 1.24. The summed E-state index contributed by atoms with van der Waals surface area (Å²) < 4.78 is 6.69. The Morgan fingerprint density at radius 1 is 1.62 bits per heavy atom. The first-order chi connectivity index (χ1) is 7.61. The molecule has 0 bridgehead atoms. The molecule has 0 amide bonds. The number of anilines is 1. The minimum absolute atomic E-state index is 0.211. The van der Waals surface area contributed by atoms with Crippen LogP contribution in [-0.2, 0) is 15.1 Å². The molecule has 1 saturated heterocycles. The van der Waals surface area contributed by atoms with Crippen LogP contribution in [0.2, 0.25) is 0 Å². The normalized spacial score (nSPS) is 29.4. The third-order valence-corrected chi connectivity index (χ3v) is 3.50. The van der Waals surface area contributed by atoms with Gasteiger partial charge in [-0.1, -0.05) is 0 Å². The lowest BCUT2D eigenvalue weighted by molar-refractivity contribution is -0.145. The fraction of sp³-hybridized carbons (Fsp3) is 0.636. The molecule has 2 fully saturated rings. The lowest BCUT2D eigenvalue weighted by Gasteiger charge is -2.19. The fourth-order valence-corrected chi connectivity index (χ4v) is 2.14. The Morgan fingerprint density at radius 3 is 2.94 bits per heavy atom. The number of carbonyl (C=O) groups is 1. The molecular weight excluding hydrogens is 206 g/mol. The number of cyclic esters (lactones) is 1. The Hall–Kier alpha value is -1.52. The highest BCUT2D eigenvalue weighted by Gasteiger charge is 2.43. The van der Waals surface area contributed by atoms with Crippen LogP contribution in [0.1, 0.15) is 37.8 Å². The van der Waals surface area contributed by atoms with Crippen molar-refractivity contribution in [2.75, 3.05) is 12.3 Å². The number of ether oxygens (including phenoxy) is 1. The highest BCUT2D eigenvalue weighted by atomic mass is 16.5. The van der Waals surface area contributed by atoms with E-state index in [1.165, 1.54) is 0 Å². The Labute approximate surface area is 93.6 Å². The maximum atomic E-state index is 11.7. The number of aromatic nitrogens is 2. The van der Waals surface area contributed by atoms with Gasteiger partial charge in [-0.25, -0.2) is 4.79 Å². The zero-order valence-electron chi connectivity index (χ0n) is 9.27. The van der Waals surface area contributed by atoms with Crippen LogP contribution in [-0.4, -0.2) is 22.4 Å². The second kappa shape index (κ2) is 2.99. The van der Waals surface area contributed by atoms with Gasteiger partial charge in [0.15, 0.2) is 5.54 Å². The minimum Gasteiger partial charge on any atom is -0.464 e. The molecule has 0 radical (unpaired) electrons. The van der Waals surface area contributed by atoms with Crippen LogP contribution in [0.3, 0.4) is 0 Å². The third-order valence-electron chi connectivity index (χ3n) is 3.50. The molecule has 1 aromatic heterocycles. The van der Waals surface area contributed by atoms with Gasteiger partial charge in [-0.05, 0) is 19.8 Å². The Kier molecular flexibility index (Phi) is 1.81. The molecule has 5 heteroatoms. The predicted molar refractivity (Wildman–Crippen MR) is 57.8 cm³/mol. The summed E-state index contributed by atoms with van der Waals surface area (Å²) in [5.74, 6) is 0.291. The number of nitrogen functional groups attached to an aromatic ring is 1. The molecule has 5 nitrogen and oxygen atoms in total. The summed E-state index contributed by atoms with van der Waals surface area (Å²) in [6.07, 6.45) is 4.74. The minimum atomic E-state index is -0.665. The van der Waals surface area contributed by atoms with Gasteiger partial charge >= 0.3 is 5.97 Å². The Balaban J connectivity index is 1.99. The fourth-order valence-electron chi connectivity index (χ4n) is 2.14. The number of hydrogen-bond donors (Lipinski definition) is 1. The molecule has 2 N–H and O–H groups in total. The first-order valence-electron chi connectivity index (χ1n) is 5.64. The second-order valence-corrected chi connectivity index (χ2v) is 4.85. The Bertz CT molecular complexity index is 450. The van der Waals surface area contributed by atoms with Gasteiger partial charge in [0.25, 0.3) is 0 Å². The van der Waals surface area contributed by atoms with Crippen molar-refractivity contribution in [1.82, 2.24) is 9.78 Å². The predicted octanol–water partition coefficient (Wildman–Crippen LogP) is 1.00. The molecular formula is C11H15N3O2. The lowest BCUT2D eigenvalue weighted by Crippen LogP contribution is -2.35. The summed E-state index contributed by atoms with van der Waals surface area (Å²) in [7, 11) is 0. The molecule has 1 aromatic rings. The smallest absolute Gasteiger partial charge is 0.333 e. The summed E-state index contributed by atoms with van der Waals surface area (Å²) >= 11 is 0. The van der Waals surface area contributed by atoms with E-state index in [0.29, 0.717) is 24.6 Å². The first-order valence-corrected chi connectivity index (χ1v) is 5.64. The van der Waals surface area contributed by atoms with Crippen molar-refractivity contribution in [1.29, 1.82) is 0 Å². The van der Waals surface area contributed by atoms with Crippen molar-refractivity contribution in [2.24, 2.45) is 0 Å². The average Bonchev–Trinajstić information content (AvgIpc) is 2.93. The van der Waals surface area contributed by atoms with E-state index < -0.39 is 5.54 Å². The summed E-state index contributed by atoms with van der Waals surface area (Å²) in [5.41, 5.74) is 6.90. The molecule has 1 aliphatic carbocycles. The van der Waals surface area contributed by atoms with Crippen LogP contribution in [0, 0.1) is 0 Å². The summed E-state index contributed by atoms with van der Waals surface area (Å²) in [5, 5.41) is 4.47. The molecule has 1 unspecified atom stereocenters. The molecule has 1 aliphatic heterocycles. The summed E-state index contributed by atoms with van der Waals surface area (Å²) in [6, 6.07) is 0. The largest absolute Gasteiger partial charge is 0.464 e. The van der Waals surface area contributed by atoms with Crippen LogP contribution >= 0.6 is 0 Å². The SMILES string of the molecule is CC1(n2cc(N)c(C3CC3)n2)CCOC1=O. The number of nitrogens with zero attached hydrogens (tertiary/aromatic N) is 2. The maximum Gasteiger partial charge on any atom is 0.333 e. The van der Waals surface area contributed by atoms with Crippen molar-refractivity contribution >= 4 is 11.7 Å². The van der Waals surface area contributed by atoms with E-state index in [4.69, 9.17) is 10.5 Å². The monoisotopic (exact) mass is 221 g/mol. The van der Waals surface area contributed by atoms with E-state index in [1.807, 2.05) is 6.92 Å². The highest BCUT2D eigenvalue weighted by Crippen LogP contribution is 2.42. The number of rotatable bonds is 2. The summed E-state index contributed by atoms with van der Waals surface area (Å²) in [4.78, 5) is 11.7. The van der Waals surface area contributed by atoms with Gasteiger partial charge in [-0.15, -0.1) is 0 Å². The molecule has 0 spiro atoms. The molecule has 3 rings (SSSR count). The van der Waals surface area contributed by atoms with Crippen LogP contribution in [0.4, 0.5) is 5.69 Å². The van der Waals surface area contributed by atoms with Gasteiger partial charge in [-0.2, -0.15) is 5.10 Å². The molecule has 86 valence electrons. The molecule has 2 heterocycles. The van der Waals surface area contributed by atoms with Gasteiger partial charge < -0.3 is 10.5 Å². The molecule has 16 heavy (non-hydrogen) atoms. The van der Waals surface area contributed by atoms with Crippen LogP contribution < -0.4 is 5.73 Å². The van der Waals surface area contributed by atoms with E-state index in [1.54, 1.807) is 10.9 Å². The van der Waals surface area contributed by atoms with Crippen molar-refractivity contribution in [3.63, 3.8) is 0 Å². The standard InChI is InChI=1S/C11H15N3O2/c1-11(4-5-16-10(11)15)14-6-8(12)9(13-14)7-2-3-7/h6-7H,2-5,12H2,1H3. The first kappa shape index (κ1) is 9.69. The number of hydrogen-bond acceptors (Lipinski definition) is 4. The second-order valence-electron chi connectivity index (χ2n) is 4.85. The van der Waals surface area contributed by atoms with Gasteiger partial charge in [0.1, 0.15) is 0 Å². The van der Waals surface area contributed by atoms with Crippen molar-refractivity contribution < 1.29 is 9.53 Å². The van der Waals surface area contributed by atoms with E-state index >= 15 is 0 Å². The van der Waals surface area contributed by atoms with Crippen molar-refractivity contribution in [2.45, 2.75) is 37.6 Å². The quantitative estimate of drug-likeness (QED) is 0.756. The average molecular weight is 221 g/mol. The zero-order valence-corrected chi connectivity index (χ0v) is 9.27. The molecule has 1 saturated carbocycles. The zero-order chi connectivity index (χ0) is 11.3. The van der Waals surface area contributed by atoms with Crippen LogP contribution in [0.15, 0.2) is 6.20 Å². The summed E-state index contributed by atoms with van der Waals surface area (Å²) in [6.45, 7) is 2.32. The van der Waals surface area contributed by atoms with Gasteiger partial charge in [0, 0.05) is 18.5 Å². The maximum absolute atomic E-state index is 11.7. The number of nitrogens with two attached hydrogens (primary N) is 1. The number of carbonyl (C=O) groups excluding carboxylic acids is 1. The Morgan fingerprint density at radius 2 is 2.38 bits per heavy atom. The van der Waals surface area contributed by atoms with E-state index in [9.17, 15) is 4.79 Å². The van der Waals surface area contributed by atoms with Gasteiger partial charge in [0.2, 0.25) is 0 Å². The van der Waals surface area contributed by atoms with Gasteiger partial charge in [-0.3, -0.25) is 4.68 Å². The van der Waals surface area contributed by atoms with Crippen molar-refractivity contribution in [3.8, 4) is 0 Å². The molecule has 0 aromatic carbocycles. The van der Waals surface area contributed by atoms with Crippen LogP contribution in [0.5, 0.6) is 0 Å². The lowest BCUT2D eigenvalue weighted by atomic mass is 10.0. The van der Waals surface area contributed by atoms with E-state index in [2.05, 4.69) is 5.10 Å².